The second-order valence-corrected chi connectivity index (χ2v) is 5.24. The maximum atomic E-state index is 12.8. The Kier molecular flexibility index (Phi) is 4.35. The van der Waals surface area contributed by atoms with Crippen LogP contribution in [0.4, 0.5) is 24.8 Å². The van der Waals surface area contributed by atoms with E-state index in [1.807, 2.05) is 6.92 Å². The van der Waals surface area contributed by atoms with Gasteiger partial charge >= 0.3 is 6.18 Å². The molecule has 0 saturated heterocycles. The number of alkyl halides is 3. The van der Waals surface area contributed by atoms with Crippen LogP contribution in [0.15, 0.2) is 6.07 Å². The summed E-state index contributed by atoms with van der Waals surface area (Å²) in [5.41, 5.74) is 0. The molecular weight excluding hydrogens is 269 g/mol. The maximum absolute atomic E-state index is 12.8. The second kappa shape index (κ2) is 5.85. The first-order valence-corrected chi connectivity index (χ1v) is 6.84. The Balaban J connectivity index is 2.11. The fraction of sp³-hybridized carbons (Fsp3) is 0.692. The summed E-state index contributed by atoms with van der Waals surface area (Å²) in [7, 11) is 0. The van der Waals surface area contributed by atoms with Crippen LogP contribution in [0, 0.1) is 11.8 Å². The minimum absolute atomic E-state index is 0.209. The van der Waals surface area contributed by atoms with Gasteiger partial charge in [-0.3, -0.25) is 0 Å². The van der Waals surface area contributed by atoms with Crippen LogP contribution in [-0.2, 0) is 6.18 Å². The van der Waals surface area contributed by atoms with Gasteiger partial charge in [-0.15, -0.1) is 0 Å². The number of nitrogens with zero attached hydrogens (tertiary/aromatic N) is 2. The molecule has 0 radical (unpaired) electrons. The molecule has 0 spiro atoms. The third-order valence-electron chi connectivity index (χ3n) is 3.36. The van der Waals surface area contributed by atoms with E-state index in [0.29, 0.717) is 24.9 Å². The lowest BCUT2D eigenvalue weighted by atomic mass is 10.3. The highest BCUT2D eigenvalue weighted by atomic mass is 19.4. The monoisotopic (exact) mass is 288 g/mol. The Morgan fingerprint density at radius 1 is 1.25 bits per heavy atom. The fourth-order valence-electron chi connectivity index (χ4n) is 1.93. The topological polar surface area (TPSA) is 49.8 Å². The molecule has 0 bridgehead atoms. The fourth-order valence-corrected chi connectivity index (χ4v) is 1.93. The van der Waals surface area contributed by atoms with Crippen molar-refractivity contribution >= 4 is 11.6 Å². The molecule has 1 aromatic heterocycles. The number of nitrogens with one attached hydrogen (secondary N) is 2. The first-order chi connectivity index (χ1) is 9.40. The van der Waals surface area contributed by atoms with Gasteiger partial charge in [-0.25, -0.2) is 9.97 Å². The minimum atomic E-state index is -4.53. The van der Waals surface area contributed by atoms with E-state index in [9.17, 15) is 13.2 Å². The number of hydrogen-bond donors (Lipinski definition) is 2. The zero-order valence-electron chi connectivity index (χ0n) is 11.6. The van der Waals surface area contributed by atoms with Crippen LogP contribution in [-0.4, -0.2) is 23.1 Å². The highest BCUT2D eigenvalue weighted by Gasteiger charge is 2.36. The van der Waals surface area contributed by atoms with Crippen LogP contribution in [0.5, 0.6) is 0 Å². The molecule has 20 heavy (non-hydrogen) atoms. The molecule has 2 N–H and O–H groups in total. The summed E-state index contributed by atoms with van der Waals surface area (Å²) in [6, 6.07) is 1.53. The van der Waals surface area contributed by atoms with Gasteiger partial charge < -0.3 is 10.6 Å². The van der Waals surface area contributed by atoms with Crippen molar-refractivity contribution in [3.8, 4) is 0 Å². The lowest BCUT2D eigenvalue weighted by Crippen LogP contribution is -2.16. The van der Waals surface area contributed by atoms with Crippen molar-refractivity contribution in [2.75, 3.05) is 23.7 Å². The van der Waals surface area contributed by atoms with Crippen LogP contribution >= 0.6 is 0 Å². The Hall–Kier alpha value is -1.53. The van der Waals surface area contributed by atoms with Crippen LogP contribution in [0.1, 0.15) is 32.5 Å². The molecule has 2 atom stereocenters. The van der Waals surface area contributed by atoms with E-state index >= 15 is 0 Å². The molecule has 1 fully saturated rings. The van der Waals surface area contributed by atoms with Gasteiger partial charge in [0.2, 0.25) is 5.82 Å². The molecule has 0 amide bonds. The molecule has 4 nitrogen and oxygen atoms in total. The van der Waals surface area contributed by atoms with Crippen molar-refractivity contribution in [1.82, 2.24) is 9.97 Å². The van der Waals surface area contributed by atoms with Gasteiger partial charge in [0.15, 0.2) is 0 Å². The summed E-state index contributed by atoms with van der Waals surface area (Å²) in [6.07, 6.45) is -2.61. The molecule has 2 rings (SSSR count). The lowest BCUT2D eigenvalue weighted by Gasteiger charge is -2.12. The Morgan fingerprint density at radius 3 is 2.35 bits per heavy atom. The maximum Gasteiger partial charge on any atom is 0.451 e. The van der Waals surface area contributed by atoms with Crippen molar-refractivity contribution in [3.05, 3.63) is 11.9 Å². The highest BCUT2D eigenvalue weighted by Crippen LogP contribution is 2.37. The quantitative estimate of drug-likeness (QED) is 0.842. The van der Waals surface area contributed by atoms with Crippen molar-refractivity contribution < 1.29 is 13.2 Å². The van der Waals surface area contributed by atoms with Crippen molar-refractivity contribution in [3.63, 3.8) is 0 Å². The standard InChI is InChI=1S/C13H19F3N4/c1-3-4-17-10-6-11(18-7-9-5-8(9)2)20-12(19-10)13(14,15)16/h6,8-9H,3-5,7H2,1-2H3,(H2,17,18,19,20). The third-order valence-corrected chi connectivity index (χ3v) is 3.36. The predicted octanol–water partition coefficient (Wildman–Crippen LogP) is 3.39. The molecule has 1 aliphatic carbocycles. The zero-order chi connectivity index (χ0) is 14.8. The number of hydrogen-bond acceptors (Lipinski definition) is 4. The van der Waals surface area contributed by atoms with Crippen molar-refractivity contribution in [2.24, 2.45) is 11.8 Å². The van der Waals surface area contributed by atoms with Crippen molar-refractivity contribution in [1.29, 1.82) is 0 Å². The van der Waals surface area contributed by atoms with E-state index in [-0.39, 0.29) is 11.6 Å². The van der Waals surface area contributed by atoms with Gasteiger partial charge in [0.05, 0.1) is 0 Å². The Labute approximate surface area is 116 Å². The highest BCUT2D eigenvalue weighted by molar-refractivity contribution is 5.48. The van der Waals surface area contributed by atoms with Crippen LogP contribution in [0.3, 0.4) is 0 Å². The summed E-state index contributed by atoms with van der Waals surface area (Å²) >= 11 is 0. The average Bonchev–Trinajstić information content (AvgIpc) is 3.09. The van der Waals surface area contributed by atoms with Gasteiger partial charge in [0.25, 0.3) is 0 Å². The third kappa shape index (κ3) is 3.98. The summed E-state index contributed by atoms with van der Waals surface area (Å²) in [4.78, 5) is 7.06. The van der Waals surface area contributed by atoms with Crippen molar-refractivity contribution in [2.45, 2.75) is 32.9 Å². The largest absolute Gasteiger partial charge is 0.451 e. The summed E-state index contributed by atoms with van der Waals surface area (Å²) in [5, 5.41) is 5.84. The number of anilines is 2. The smallest absolute Gasteiger partial charge is 0.370 e. The van der Waals surface area contributed by atoms with E-state index in [0.717, 1.165) is 12.8 Å². The number of halogens is 3. The molecule has 1 aromatic rings. The van der Waals surface area contributed by atoms with E-state index < -0.39 is 12.0 Å². The molecule has 1 saturated carbocycles. The minimum Gasteiger partial charge on any atom is -0.370 e. The molecule has 112 valence electrons. The summed E-state index contributed by atoms with van der Waals surface area (Å²) < 4.78 is 38.3. The van der Waals surface area contributed by atoms with Gasteiger partial charge in [-0.1, -0.05) is 13.8 Å². The molecule has 1 aliphatic rings. The van der Waals surface area contributed by atoms with Crippen LogP contribution in [0.25, 0.3) is 0 Å². The Bertz CT molecular complexity index is 461. The first kappa shape index (κ1) is 14.9. The average molecular weight is 288 g/mol. The van der Waals surface area contributed by atoms with E-state index in [4.69, 9.17) is 0 Å². The van der Waals surface area contributed by atoms with Gasteiger partial charge in [-0.2, -0.15) is 13.2 Å². The zero-order valence-corrected chi connectivity index (χ0v) is 11.6. The predicted molar refractivity (Wildman–Crippen MR) is 71.6 cm³/mol. The van der Waals surface area contributed by atoms with E-state index in [1.165, 1.54) is 6.07 Å². The molecular formula is C13H19F3N4. The number of rotatable bonds is 6. The van der Waals surface area contributed by atoms with Crippen LogP contribution < -0.4 is 10.6 Å². The molecule has 1 heterocycles. The van der Waals surface area contributed by atoms with E-state index in [1.54, 1.807) is 0 Å². The summed E-state index contributed by atoms with van der Waals surface area (Å²) in [6.45, 7) is 5.30. The molecule has 2 unspecified atom stereocenters. The first-order valence-electron chi connectivity index (χ1n) is 6.84. The van der Waals surface area contributed by atoms with Gasteiger partial charge in [-0.05, 0) is 24.7 Å². The SMILES string of the molecule is CCCNc1cc(NCC2CC2C)nc(C(F)(F)F)n1. The van der Waals surface area contributed by atoms with Crippen LogP contribution in [0.2, 0.25) is 0 Å². The van der Waals surface area contributed by atoms with E-state index in [2.05, 4.69) is 27.5 Å². The summed E-state index contributed by atoms with van der Waals surface area (Å²) in [5.74, 6) is 0.506. The van der Waals surface area contributed by atoms with Gasteiger partial charge in [0, 0.05) is 19.2 Å². The number of aromatic nitrogens is 2. The second-order valence-electron chi connectivity index (χ2n) is 5.24. The lowest BCUT2D eigenvalue weighted by molar-refractivity contribution is -0.144. The molecule has 0 aliphatic heterocycles. The molecule has 7 heteroatoms. The normalized spacial score (nSPS) is 21.6. The van der Waals surface area contributed by atoms with Gasteiger partial charge in [0.1, 0.15) is 11.6 Å². The molecule has 0 aromatic carbocycles. The Morgan fingerprint density at radius 2 is 1.85 bits per heavy atom.